The van der Waals surface area contributed by atoms with Gasteiger partial charge in [0, 0.05) is 17.9 Å². The molecule has 0 aliphatic heterocycles. The molecule has 0 spiro atoms. The maximum atomic E-state index is 11.7. The third-order valence-electron chi connectivity index (χ3n) is 2.23. The van der Waals surface area contributed by atoms with E-state index in [0.717, 1.165) is 6.29 Å². The van der Waals surface area contributed by atoms with Crippen molar-refractivity contribution in [3.8, 4) is 0 Å². The zero-order valence-electron chi connectivity index (χ0n) is 9.70. The zero-order valence-corrected chi connectivity index (χ0v) is 9.70. The fourth-order valence-corrected chi connectivity index (χ4v) is 1.61. The molecule has 82 valence electrons. The summed E-state index contributed by atoms with van der Waals surface area (Å²) in [5.74, 6) is -0.257. The standard InChI is InChI=1S/C11H21NO2/c1-7(2)10(9(5)6-13)11(14)12-8(3)4/h6-10H,1-5H3,(H,12,14). The molecule has 0 radical (unpaired) electrons. The Morgan fingerprint density at radius 2 is 1.64 bits per heavy atom. The highest BCUT2D eigenvalue weighted by Crippen LogP contribution is 2.19. The lowest BCUT2D eigenvalue weighted by atomic mass is 9.84. The lowest BCUT2D eigenvalue weighted by Crippen LogP contribution is -2.40. The Kier molecular flexibility index (Phi) is 5.43. The molecule has 1 N–H and O–H groups in total. The summed E-state index contributed by atoms with van der Waals surface area (Å²) in [5.41, 5.74) is 0. The summed E-state index contributed by atoms with van der Waals surface area (Å²) in [7, 11) is 0. The van der Waals surface area contributed by atoms with E-state index in [0.29, 0.717) is 0 Å². The van der Waals surface area contributed by atoms with E-state index in [-0.39, 0.29) is 29.7 Å². The number of rotatable bonds is 5. The second-order valence-corrected chi connectivity index (χ2v) is 4.43. The van der Waals surface area contributed by atoms with Gasteiger partial charge in [-0.15, -0.1) is 0 Å². The number of aldehydes is 1. The highest BCUT2D eigenvalue weighted by Gasteiger charge is 2.27. The molecular formula is C11H21NO2. The Labute approximate surface area is 86.3 Å². The molecule has 14 heavy (non-hydrogen) atoms. The van der Waals surface area contributed by atoms with Crippen LogP contribution in [0.3, 0.4) is 0 Å². The molecule has 1 amide bonds. The summed E-state index contributed by atoms with van der Waals surface area (Å²) >= 11 is 0. The van der Waals surface area contributed by atoms with E-state index in [1.165, 1.54) is 0 Å². The van der Waals surface area contributed by atoms with Crippen molar-refractivity contribution in [2.24, 2.45) is 17.8 Å². The van der Waals surface area contributed by atoms with Crippen molar-refractivity contribution in [3.05, 3.63) is 0 Å². The van der Waals surface area contributed by atoms with Crippen LogP contribution in [-0.2, 0) is 9.59 Å². The van der Waals surface area contributed by atoms with Crippen LogP contribution in [0.5, 0.6) is 0 Å². The fraction of sp³-hybridized carbons (Fsp3) is 0.818. The third-order valence-corrected chi connectivity index (χ3v) is 2.23. The summed E-state index contributed by atoms with van der Waals surface area (Å²) in [6.07, 6.45) is 0.852. The van der Waals surface area contributed by atoms with E-state index in [2.05, 4.69) is 5.32 Å². The van der Waals surface area contributed by atoms with Gasteiger partial charge in [-0.05, 0) is 19.8 Å². The molecule has 3 heteroatoms. The molecule has 0 rings (SSSR count). The van der Waals surface area contributed by atoms with Gasteiger partial charge in [-0.2, -0.15) is 0 Å². The minimum Gasteiger partial charge on any atom is -0.354 e. The highest BCUT2D eigenvalue weighted by atomic mass is 16.2. The Hall–Kier alpha value is -0.860. The monoisotopic (exact) mass is 199 g/mol. The normalized spacial score (nSPS) is 15.4. The van der Waals surface area contributed by atoms with E-state index in [1.807, 2.05) is 27.7 Å². The average Bonchev–Trinajstić information content (AvgIpc) is 2.01. The van der Waals surface area contributed by atoms with Gasteiger partial charge in [0.25, 0.3) is 0 Å². The minimum atomic E-state index is -0.214. The van der Waals surface area contributed by atoms with E-state index < -0.39 is 0 Å². The van der Waals surface area contributed by atoms with Crippen molar-refractivity contribution in [1.82, 2.24) is 5.32 Å². The van der Waals surface area contributed by atoms with Gasteiger partial charge in [0.1, 0.15) is 6.29 Å². The fourth-order valence-electron chi connectivity index (χ4n) is 1.61. The predicted molar refractivity (Wildman–Crippen MR) is 56.8 cm³/mol. The molecule has 0 heterocycles. The lowest BCUT2D eigenvalue weighted by molar-refractivity contribution is -0.131. The van der Waals surface area contributed by atoms with Crippen molar-refractivity contribution in [1.29, 1.82) is 0 Å². The van der Waals surface area contributed by atoms with Gasteiger partial charge >= 0.3 is 0 Å². The molecule has 0 fully saturated rings. The number of nitrogens with one attached hydrogen (secondary N) is 1. The smallest absolute Gasteiger partial charge is 0.224 e. The van der Waals surface area contributed by atoms with Crippen LogP contribution in [0.15, 0.2) is 0 Å². The van der Waals surface area contributed by atoms with Crippen LogP contribution in [0.25, 0.3) is 0 Å². The summed E-state index contributed by atoms with van der Waals surface area (Å²) < 4.78 is 0. The second kappa shape index (κ2) is 5.78. The predicted octanol–water partition coefficient (Wildman–Crippen LogP) is 1.62. The van der Waals surface area contributed by atoms with E-state index in [1.54, 1.807) is 6.92 Å². The van der Waals surface area contributed by atoms with E-state index in [4.69, 9.17) is 0 Å². The topological polar surface area (TPSA) is 46.2 Å². The third kappa shape index (κ3) is 3.90. The van der Waals surface area contributed by atoms with Crippen LogP contribution >= 0.6 is 0 Å². The SMILES string of the molecule is CC(C)NC(=O)C(C(C)C)C(C)C=O. The number of amides is 1. The highest BCUT2D eigenvalue weighted by molar-refractivity contribution is 5.82. The van der Waals surface area contributed by atoms with Crippen LogP contribution in [-0.4, -0.2) is 18.2 Å². The molecule has 0 aliphatic rings. The maximum absolute atomic E-state index is 11.7. The molecule has 0 aromatic heterocycles. The van der Waals surface area contributed by atoms with Crippen molar-refractivity contribution in [3.63, 3.8) is 0 Å². The van der Waals surface area contributed by atoms with Crippen molar-refractivity contribution >= 4 is 12.2 Å². The van der Waals surface area contributed by atoms with Gasteiger partial charge in [0.2, 0.25) is 5.91 Å². The maximum Gasteiger partial charge on any atom is 0.224 e. The van der Waals surface area contributed by atoms with Gasteiger partial charge in [0.05, 0.1) is 0 Å². The average molecular weight is 199 g/mol. The van der Waals surface area contributed by atoms with Crippen molar-refractivity contribution in [2.45, 2.75) is 40.7 Å². The van der Waals surface area contributed by atoms with Crippen LogP contribution in [0.4, 0.5) is 0 Å². The number of carbonyl (C=O) groups is 2. The Morgan fingerprint density at radius 1 is 1.14 bits per heavy atom. The first-order valence-corrected chi connectivity index (χ1v) is 5.15. The first-order valence-electron chi connectivity index (χ1n) is 5.15. The number of hydrogen-bond acceptors (Lipinski definition) is 2. The Bertz CT molecular complexity index is 199. The second-order valence-electron chi connectivity index (χ2n) is 4.43. The van der Waals surface area contributed by atoms with Crippen LogP contribution in [0.2, 0.25) is 0 Å². The van der Waals surface area contributed by atoms with E-state index in [9.17, 15) is 9.59 Å². The Balaban J connectivity index is 4.49. The molecule has 0 aromatic rings. The summed E-state index contributed by atoms with van der Waals surface area (Å²) in [5, 5.41) is 2.84. The van der Waals surface area contributed by atoms with Gasteiger partial charge in [-0.1, -0.05) is 20.8 Å². The molecule has 0 aliphatic carbocycles. The van der Waals surface area contributed by atoms with Gasteiger partial charge in [-0.3, -0.25) is 4.79 Å². The molecule has 0 bridgehead atoms. The summed E-state index contributed by atoms with van der Waals surface area (Å²) in [6.45, 7) is 9.55. The molecule has 0 saturated carbocycles. The van der Waals surface area contributed by atoms with Crippen molar-refractivity contribution in [2.75, 3.05) is 0 Å². The molecule has 2 atom stereocenters. The quantitative estimate of drug-likeness (QED) is 0.684. The summed E-state index contributed by atoms with van der Waals surface area (Å²) in [6, 6.07) is 0.127. The first kappa shape index (κ1) is 13.1. The lowest BCUT2D eigenvalue weighted by Gasteiger charge is -2.24. The molecular weight excluding hydrogens is 178 g/mol. The van der Waals surface area contributed by atoms with Crippen LogP contribution < -0.4 is 5.32 Å². The Morgan fingerprint density at radius 3 is 1.93 bits per heavy atom. The molecule has 2 unspecified atom stereocenters. The van der Waals surface area contributed by atoms with Gasteiger partial charge in [-0.25, -0.2) is 0 Å². The molecule has 0 aromatic carbocycles. The van der Waals surface area contributed by atoms with Crippen LogP contribution in [0, 0.1) is 17.8 Å². The number of carbonyl (C=O) groups excluding carboxylic acids is 2. The van der Waals surface area contributed by atoms with Crippen molar-refractivity contribution < 1.29 is 9.59 Å². The first-order chi connectivity index (χ1) is 6.40. The minimum absolute atomic E-state index is 0.0189. The van der Waals surface area contributed by atoms with Crippen LogP contribution in [0.1, 0.15) is 34.6 Å². The van der Waals surface area contributed by atoms with E-state index >= 15 is 0 Å². The van der Waals surface area contributed by atoms with Gasteiger partial charge < -0.3 is 10.1 Å². The molecule has 0 saturated heterocycles. The zero-order chi connectivity index (χ0) is 11.3. The van der Waals surface area contributed by atoms with Gasteiger partial charge in [0.15, 0.2) is 0 Å². The number of hydrogen-bond donors (Lipinski definition) is 1. The largest absolute Gasteiger partial charge is 0.354 e. The summed E-state index contributed by atoms with van der Waals surface area (Å²) in [4.78, 5) is 22.4. The molecule has 3 nitrogen and oxygen atoms in total.